The van der Waals surface area contributed by atoms with Crippen LogP contribution in [0.2, 0.25) is 0 Å². The molecule has 0 N–H and O–H groups in total. The number of likely N-dealkylation sites (tertiary alicyclic amines) is 4. The van der Waals surface area contributed by atoms with E-state index in [9.17, 15) is 64.7 Å². The van der Waals surface area contributed by atoms with Crippen LogP contribution in [0.4, 0.5) is 0 Å². The van der Waals surface area contributed by atoms with Crippen LogP contribution in [0, 0.1) is 103 Å². The zero-order chi connectivity index (χ0) is 79.4. The van der Waals surface area contributed by atoms with E-state index in [1.165, 1.54) is 0 Å². The minimum absolute atomic E-state index is 0.196. The van der Waals surface area contributed by atoms with Crippen molar-refractivity contribution in [3.63, 3.8) is 0 Å². The first-order valence-corrected chi connectivity index (χ1v) is 37.2. The number of carbonyl (C=O) groups excluding carboxylic acids is 8. The Bertz CT molecular complexity index is 3720. The number of carbonyl (C=O) groups is 8. The van der Waals surface area contributed by atoms with Gasteiger partial charge in [-0.2, -0.15) is 26.3 Å². The molecule has 8 aliphatic rings. The smallest absolute Gasteiger partial charge is 0.349 e. The second-order valence-corrected chi connectivity index (χ2v) is 32.0. The minimum atomic E-state index is -2.24. The van der Waals surface area contributed by atoms with E-state index >= 15 is 0 Å². The molecule has 4 fully saturated rings. The molecular weight excluding hydrogens is 1400 g/mol. The first-order valence-electron chi connectivity index (χ1n) is 37.2. The topological polar surface area (TPSA) is 355 Å². The van der Waals surface area contributed by atoms with Crippen molar-refractivity contribution in [2.75, 3.05) is 105 Å². The minimum Gasteiger partial charge on any atom is -0.467 e. The number of nitriles is 5. The van der Waals surface area contributed by atoms with Crippen LogP contribution in [0.5, 0.6) is 0 Å². The van der Waals surface area contributed by atoms with Crippen LogP contribution in [0.15, 0.2) is 90.0 Å². The van der Waals surface area contributed by atoms with Gasteiger partial charge in [0.2, 0.25) is 0 Å². The standard InChI is InChI=1S/C81H96N12O16/c1-77(2)36-53(57(48-82)62(40-77)90-20-12-13-21-90)60(51-85)73(98)106-32-28-102-66(94)44-81(45-67(95)103-29-33-107-74(99)61(52-86)54-37-78(3,4)41-63(58(54)49-83)91-22-14-15-23-91,46-68(96)104-30-34-108-75(100)71(88-10)55-38-79(5,6)42-64(59(55)50-84)92-24-16-17-25-92)47-69(97)105-31-35-109-76(101)72(89-11)56-39-80(7,8)43-65(70(56)87-9)93-26-18-19-27-93/h12-47H2,1-8H3/b60-53+,61-54+,71-55+,72-56-. The average molecular weight is 1490 g/mol. The van der Waals surface area contributed by atoms with Crippen LogP contribution >= 0.6 is 0 Å². The van der Waals surface area contributed by atoms with Gasteiger partial charge in [0.15, 0.2) is 5.70 Å². The normalized spacial score (nSPS) is 21.1. The van der Waals surface area contributed by atoms with Crippen LogP contribution in [0.3, 0.4) is 0 Å². The Morgan fingerprint density at radius 3 is 0.890 bits per heavy atom. The Labute approximate surface area is 637 Å². The Morgan fingerprint density at radius 2 is 0.606 bits per heavy atom. The Hall–Kier alpha value is -11.2. The number of rotatable bonds is 28. The Morgan fingerprint density at radius 1 is 0.358 bits per heavy atom. The van der Waals surface area contributed by atoms with Gasteiger partial charge in [0, 0.05) is 80.6 Å². The van der Waals surface area contributed by atoms with Crippen LogP contribution in [0.1, 0.15) is 184 Å². The molecule has 0 amide bonds. The second-order valence-electron chi connectivity index (χ2n) is 32.0. The highest BCUT2D eigenvalue weighted by molar-refractivity contribution is 5.96. The van der Waals surface area contributed by atoms with Crippen molar-refractivity contribution in [2.45, 2.75) is 184 Å². The van der Waals surface area contributed by atoms with E-state index in [4.69, 9.17) is 57.6 Å². The third kappa shape index (κ3) is 21.6. The molecule has 0 radical (unpaired) electrons. The summed E-state index contributed by atoms with van der Waals surface area (Å²) >= 11 is 0. The lowest BCUT2D eigenvalue weighted by atomic mass is 9.72. The van der Waals surface area contributed by atoms with Gasteiger partial charge >= 0.3 is 47.8 Å². The van der Waals surface area contributed by atoms with E-state index in [2.05, 4.69) is 52.3 Å². The molecular formula is C81H96N12O16. The Kier molecular flexibility index (Phi) is 28.4. The SMILES string of the molecule is [C-]#[N+]C1=C(N2CCCC2)CC(C)(C)C/C1=C(/[N+]#[C-])C(=O)OCCOC(=O)CC(CC(=O)OCCOC(=O)/C(C#N)=C1\CC(C)(C)CC(N2CCCC2)=C1C#N)(CC(=O)OCCOC(=O)/C(C#N)=C1\CC(C)(C)CC(N2CCCC2)=C1C#N)CC(=O)OCCOC(=O)/C([N+]#[C-])=C1/CC(C)(C)CC(N2CCCC2)=C1C#N. The molecule has 28 heteroatoms. The van der Waals surface area contributed by atoms with Crippen molar-refractivity contribution in [2.24, 2.45) is 27.1 Å². The summed E-state index contributed by atoms with van der Waals surface area (Å²) in [7, 11) is 0. The predicted octanol–water partition coefficient (Wildman–Crippen LogP) is 11.0. The highest BCUT2D eigenvalue weighted by atomic mass is 16.6. The van der Waals surface area contributed by atoms with Crippen molar-refractivity contribution in [1.29, 1.82) is 26.3 Å². The summed E-state index contributed by atoms with van der Waals surface area (Å²) in [5.74, 6) is -9.19. The summed E-state index contributed by atoms with van der Waals surface area (Å²) < 4.78 is 44.2. The lowest BCUT2D eigenvalue weighted by Gasteiger charge is -2.37. The molecule has 0 unspecified atom stereocenters. The van der Waals surface area contributed by atoms with Crippen LogP contribution < -0.4 is 0 Å². The van der Waals surface area contributed by atoms with Gasteiger partial charge in [-0.25, -0.2) is 24.1 Å². The summed E-state index contributed by atoms with van der Waals surface area (Å²) in [5.41, 5.74) is -1.16. The maximum Gasteiger partial charge on any atom is 0.349 e. The molecule has 4 saturated heterocycles. The lowest BCUT2D eigenvalue weighted by molar-refractivity contribution is -0.163. The highest BCUT2D eigenvalue weighted by Gasteiger charge is 2.45. The molecule has 0 atom stereocenters. The third-order valence-electron chi connectivity index (χ3n) is 20.7. The highest BCUT2D eigenvalue weighted by Crippen LogP contribution is 2.50. The number of esters is 8. The van der Waals surface area contributed by atoms with Crippen LogP contribution in [-0.4, -0.2) is 173 Å². The molecule has 4 heterocycles. The predicted molar refractivity (Wildman–Crippen MR) is 388 cm³/mol. The summed E-state index contributed by atoms with van der Waals surface area (Å²) in [6, 6.07) is 10.5. The number of allylic oxidation sites excluding steroid dienone is 11. The first-order chi connectivity index (χ1) is 51.9. The molecule has 0 aromatic carbocycles. The molecule has 0 spiro atoms. The zero-order valence-corrected chi connectivity index (χ0v) is 63.9. The van der Waals surface area contributed by atoms with Crippen molar-refractivity contribution >= 4 is 47.8 Å². The van der Waals surface area contributed by atoms with Crippen LogP contribution in [-0.2, 0) is 76.3 Å². The average Bonchev–Trinajstić information content (AvgIpc) is 1.70. The quantitative estimate of drug-likeness (QED) is 0.0175. The van der Waals surface area contributed by atoms with Gasteiger partial charge in [-0.3, -0.25) is 28.8 Å². The molecule has 28 nitrogen and oxygen atoms in total. The van der Waals surface area contributed by atoms with Crippen molar-refractivity contribution in [3.8, 4) is 30.3 Å². The van der Waals surface area contributed by atoms with Gasteiger partial charge in [-0.1, -0.05) is 55.4 Å². The fourth-order valence-electron chi connectivity index (χ4n) is 15.9. The van der Waals surface area contributed by atoms with Gasteiger partial charge in [0.05, 0.1) is 68.2 Å². The number of hydrogen-bond acceptors (Lipinski definition) is 25. The van der Waals surface area contributed by atoms with E-state index in [1.54, 1.807) is 0 Å². The summed E-state index contributed by atoms with van der Waals surface area (Å²) in [6.07, 6.45) is 6.22. The number of hydrogen-bond donors (Lipinski definition) is 0. The molecule has 0 bridgehead atoms. The molecule has 8 rings (SSSR count). The van der Waals surface area contributed by atoms with Crippen molar-refractivity contribution in [3.05, 3.63) is 124 Å². The maximum atomic E-state index is 14.4. The van der Waals surface area contributed by atoms with Gasteiger partial charge in [-0.05, 0) is 147 Å². The molecule has 4 aliphatic heterocycles. The van der Waals surface area contributed by atoms with Gasteiger partial charge in [0.1, 0.15) is 88.3 Å². The third-order valence-corrected chi connectivity index (χ3v) is 20.7. The van der Waals surface area contributed by atoms with Gasteiger partial charge in [-0.15, -0.1) is 0 Å². The van der Waals surface area contributed by atoms with Gasteiger partial charge in [0.25, 0.3) is 11.4 Å². The maximum absolute atomic E-state index is 14.4. The largest absolute Gasteiger partial charge is 0.467 e. The summed E-state index contributed by atoms with van der Waals surface area (Å²) in [4.78, 5) is 132. The summed E-state index contributed by atoms with van der Waals surface area (Å²) in [5, 5.41) is 52.2. The van der Waals surface area contributed by atoms with Gasteiger partial charge < -0.3 is 57.5 Å². The van der Waals surface area contributed by atoms with E-state index in [-0.39, 0.29) is 70.4 Å². The fraction of sp³-hybridized carbons (Fsp3) is 0.605. The number of ether oxygens (including phenoxy) is 8. The molecule has 0 aromatic heterocycles. The summed E-state index contributed by atoms with van der Waals surface area (Å²) in [6.45, 7) is 40.3. The van der Waals surface area contributed by atoms with Crippen molar-refractivity contribution < 1.29 is 76.3 Å². The lowest BCUT2D eigenvalue weighted by Crippen LogP contribution is -2.36. The second kappa shape index (κ2) is 37.1. The molecule has 576 valence electrons. The molecule has 0 saturated carbocycles. The van der Waals surface area contributed by atoms with E-state index in [0.717, 1.165) is 74.2 Å². The van der Waals surface area contributed by atoms with E-state index in [0.29, 0.717) is 78.0 Å². The monoisotopic (exact) mass is 1490 g/mol. The van der Waals surface area contributed by atoms with E-state index < -0.39 is 176 Å². The zero-order valence-electron chi connectivity index (χ0n) is 63.9. The number of nitrogens with zero attached hydrogens (tertiary/aromatic N) is 12. The molecule has 4 aliphatic carbocycles. The van der Waals surface area contributed by atoms with Crippen LogP contribution in [0.25, 0.3) is 14.5 Å². The van der Waals surface area contributed by atoms with Crippen molar-refractivity contribution in [1.82, 2.24) is 19.6 Å². The first kappa shape index (κ1) is 83.4. The fourth-order valence-corrected chi connectivity index (χ4v) is 15.9. The molecule has 109 heavy (non-hydrogen) atoms. The van der Waals surface area contributed by atoms with E-state index in [1.807, 2.05) is 67.5 Å². The Balaban J connectivity index is 1.04. The molecule has 0 aromatic rings.